The van der Waals surface area contributed by atoms with Crippen LogP contribution in [-0.2, 0) is 11.8 Å². The minimum Gasteiger partial charge on any atom is -0.356 e. The highest BCUT2D eigenvalue weighted by Gasteiger charge is 2.39. The molecular formula is C9H13Cl2N3O2. The van der Waals surface area contributed by atoms with E-state index >= 15 is 0 Å². The van der Waals surface area contributed by atoms with Crippen LogP contribution in [0.5, 0.6) is 0 Å². The van der Waals surface area contributed by atoms with Gasteiger partial charge in [-0.2, -0.15) is 0 Å². The fourth-order valence-electron chi connectivity index (χ4n) is 1.75. The van der Waals surface area contributed by atoms with Crippen LogP contribution in [0.4, 0.5) is 0 Å². The van der Waals surface area contributed by atoms with Crippen LogP contribution in [0.15, 0.2) is 0 Å². The van der Waals surface area contributed by atoms with Gasteiger partial charge in [-0.3, -0.25) is 4.90 Å². The monoisotopic (exact) mass is 265 g/mol. The highest BCUT2D eigenvalue weighted by atomic mass is 35.5. The second-order valence-electron chi connectivity index (χ2n) is 3.90. The van der Waals surface area contributed by atoms with E-state index in [9.17, 15) is 5.11 Å². The molecule has 5 nitrogen and oxygen atoms in total. The molecule has 0 saturated carbocycles. The van der Waals surface area contributed by atoms with Crippen molar-refractivity contribution < 1.29 is 9.84 Å². The third-order valence-corrected chi connectivity index (χ3v) is 3.77. The molecular weight excluding hydrogens is 253 g/mol. The van der Waals surface area contributed by atoms with Crippen molar-refractivity contribution in [3.63, 3.8) is 0 Å². The van der Waals surface area contributed by atoms with E-state index in [-0.39, 0.29) is 17.3 Å². The van der Waals surface area contributed by atoms with Gasteiger partial charge in [0.25, 0.3) is 0 Å². The van der Waals surface area contributed by atoms with Gasteiger partial charge in [0.1, 0.15) is 17.1 Å². The molecule has 1 unspecified atom stereocenters. The van der Waals surface area contributed by atoms with Gasteiger partial charge in [0.15, 0.2) is 5.15 Å². The summed E-state index contributed by atoms with van der Waals surface area (Å²) >= 11 is 11.8. The van der Waals surface area contributed by atoms with E-state index in [4.69, 9.17) is 27.9 Å². The van der Waals surface area contributed by atoms with Gasteiger partial charge >= 0.3 is 0 Å². The first-order valence-electron chi connectivity index (χ1n) is 4.86. The van der Waals surface area contributed by atoms with Gasteiger partial charge in [-0.25, -0.2) is 4.98 Å². The van der Waals surface area contributed by atoms with Gasteiger partial charge < -0.3 is 14.4 Å². The number of likely N-dealkylation sites (N-methyl/N-ethyl adjacent to an activating group) is 1. The first-order chi connectivity index (χ1) is 7.43. The maximum absolute atomic E-state index is 9.57. The lowest BCUT2D eigenvalue weighted by Crippen LogP contribution is -2.31. The molecule has 1 aliphatic heterocycles. The van der Waals surface area contributed by atoms with E-state index < -0.39 is 6.41 Å². The molecule has 1 aromatic heterocycles. The molecule has 0 aliphatic carbocycles. The molecule has 16 heavy (non-hydrogen) atoms. The Morgan fingerprint density at radius 2 is 2.00 bits per heavy atom. The van der Waals surface area contributed by atoms with E-state index in [1.54, 1.807) is 23.6 Å². The van der Waals surface area contributed by atoms with E-state index in [1.807, 2.05) is 6.92 Å². The molecule has 2 heterocycles. The van der Waals surface area contributed by atoms with Crippen molar-refractivity contribution in [2.24, 2.45) is 7.05 Å². The fraction of sp³-hybridized carbons (Fsp3) is 0.667. The number of hydrogen-bond acceptors (Lipinski definition) is 4. The van der Waals surface area contributed by atoms with Crippen LogP contribution < -0.4 is 0 Å². The Hall–Kier alpha value is -0.330. The summed E-state index contributed by atoms with van der Waals surface area (Å²) in [5, 5.41) is 10.2. The quantitative estimate of drug-likeness (QED) is 0.834. The maximum atomic E-state index is 9.57. The van der Waals surface area contributed by atoms with E-state index in [2.05, 4.69) is 4.98 Å². The van der Waals surface area contributed by atoms with Gasteiger partial charge in [0.2, 0.25) is 6.41 Å². The first-order valence-corrected chi connectivity index (χ1v) is 5.62. The first kappa shape index (κ1) is 12.1. The summed E-state index contributed by atoms with van der Waals surface area (Å²) in [7, 11) is 3.54. The Morgan fingerprint density at radius 3 is 2.38 bits per heavy atom. The smallest absolute Gasteiger partial charge is 0.216 e. The van der Waals surface area contributed by atoms with Crippen molar-refractivity contribution in [1.29, 1.82) is 0 Å². The molecule has 0 radical (unpaired) electrons. The van der Waals surface area contributed by atoms with E-state index in [1.165, 1.54) is 0 Å². The van der Waals surface area contributed by atoms with Crippen LogP contribution in [0.1, 0.15) is 18.9 Å². The fourth-order valence-corrected chi connectivity index (χ4v) is 2.09. The predicted octanol–water partition coefficient (Wildman–Crippen LogP) is 1.39. The lowest BCUT2D eigenvalue weighted by molar-refractivity contribution is -0.145. The molecule has 1 aliphatic rings. The zero-order valence-electron chi connectivity index (χ0n) is 9.19. The van der Waals surface area contributed by atoms with Gasteiger partial charge in [-0.05, 0) is 14.0 Å². The third-order valence-electron chi connectivity index (χ3n) is 2.97. The van der Waals surface area contributed by atoms with Crippen LogP contribution >= 0.6 is 23.2 Å². The third kappa shape index (κ3) is 1.72. The molecule has 1 aromatic rings. The number of halogens is 2. The molecule has 2 rings (SSSR count). The standard InChI is InChI=1S/C9H13Cl2N3O2/c1-4-5(16-9(15)13(4)2)8-12-6(10)7(11)14(8)3/h4-5,9,15H,1-3H3/t4-,5-,9?/m0/s1. The Bertz CT molecular complexity index is 410. The van der Waals surface area contributed by atoms with Crippen molar-refractivity contribution in [1.82, 2.24) is 14.5 Å². The number of ether oxygens (including phenoxy) is 1. The van der Waals surface area contributed by atoms with Gasteiger partial charge in [-0.15, -0.1) is 0 Å². The normalized spacial score (nSPS) is 31.2. The molecule has 1 N–H and O–H groups in total. The molecule has 1 fully saturated rings. The van der Waals surface area contributed by atoms with Crippen molar-refractivity contribution in [3.8, 4) is 0 Å². The van der Waals surface area contributed by atoms with Crippen LogP contribution in [-0.4, -0.2) is 39.1 Å². The molecule has 0 amide bonds. The molecule has 1 saturated heterocycles. The van der Waals surface area contributed by atoms with Crippen molar-refractivity contribution in [3.05, 3.63) is 16.1 Å². The Morgan fingerprint density at radius 1 is 1.38 bits per heavy atom. The van der Waals surface area contributed by atoms with Crippen LogP contribution in [0.3, 0.4) is 0 Å². The summed E-state index contributed by atoms with van der Waals surface area (Å²) in [5.74, 6) is 0.617. The second kappa shape index (κ2) is 4.16. The molecule has 0 aromatic carbocycles. The zero-order chi connectivity index (χ0) is 12.0. The summed E-state index contributed by atoms with van der Waals surface area (Å²) in [5.41, 5.74) is 0. The zero-order valence-corrected chi connectivity index (χ0v) is 10.7. The minimum absolute atomic E-state index is 0.00299. The number of aliphatic hydroxyl groups is 1. The highest BCUT2D eigenvalue weighted by Crippen LogP contribution is 2.34. The predicted molar refractivity (Wildman–Crippen MR) is 60.3 cm³/mol. The van der Waals surface area contributed by atoms with E-state index in [0.717, 1.165) is 0 Å². The van der Waals surface area contributed by atoms with Crippen LogP contribution in [0.25, 0.3) is 0 Å². The average Bonchev–Trinajstić information content (AvgIpc) is 2.64. The van der Waals surface area contributed by atoms with Crippen molar-refractivity contribution in [2.45, 2.75) is 25.5 Å². The van der Waals surface area contributed by atoms with Crippen molar-refractivity contribution >= 4 is 23.2 Å². The number of rotatable bonds is 1. The highest BCUT2D eigenvalue weighted by molar-refractivity contribution is 6.40. The lowest BCUT2D eigenvalue weighted by Gasteiger charge is -2.17. The Labute approximate surface area is 104 Å². The number of imidazole rings is 1. The topological polar surface area (TPSA) is 50.5 Å². The summed E-state index contributed by atoms with van der Waals surface area (Å²) in [6.45, 7) is 1.94. The summed E-state index contributed by atoms with van der Waals surface area (Å²) < 4.78 is 7.07. The summed E-state index contributed by atoms with van der Waals surface area (Å²) in [6, 6.07) is 0.00299. The van der Waals surface area contributed by atoms with Crippen molar-refractivity contribution in [2.75, 3.05) is 7.05 Å². The largest absolute Gasteiger partial charge is 0.356 e. The van der Waals surface area contributed by atoms with Gasteiger partial charge in [-0.1, -0.05) is 23.2 Å². The van der Waals surface area contributed by atoms with Crippen LogP contribution in [0, 0.1) is 0 Å². The lowest BCUT2D eigenvalue weighted by atomic mass is 10.2. The van der Waals surface area contributed by atoms with Crippen LogP contribution in [0.2, 0.25) is 10.3 Å². The number of hydrogen-bond donors (Lipinski definition) is 1. The van der Waals surface area contributed by atoms with E-state index in [0.29, 0.717) is 11.0 Å². The van der Waals surface area contributed by atoms with Gasteiger partial charge in [0, 0.05) is 13.1 Å². The number of nitrogens with zero attached hydrogens (tertiary/aromatic N) is 3. The van der Waals surface area contributed by atoms with Gasteiger partial charge in [0.05, 0.1) is 0 Å². The molecule has 0 spiro atoms. The number of aliphatic hydroxyl groups excluding tert-OH is 1. The summed E-state index contributed by atoms with van der Waals surface area (Å²) in [4.78, 5) is 5.85. The molecule has 3 atom stereocenters. The molecule has 90 valence electrons. The Balaban J connectivity index is 2.35. The average molecular weight is 266 g/mol. The maximum Gasteiger partial charge on any atom is 0.216 e. The summed E-state index contributed by atoms with van der Waals surface area (Å²) in [6.07, 6.45) is -1.26. The minimum atomic E-state index is -0.922. The SMILES string of the molecule is C[C@H]1[C@@H](c2nc(Cl)c(Cl)n2C)OC(O)N1C. The molecule has 0 bridgehead atoms. The molecule has 7 heteroatoms. The number of aromatic nitrogens is 2. The second-order valence-corrected chi connectivity index (χ2v) is 4.62. The Kier molecular flexibility index (Phi) is 3.16.